The van der Waals surface area contributed by atoms with Crippen LogP contribution in [0.15, 0.2) is 12.2 Å². The van der Waals surface area contributed by atoms with Gasteiger partial charge in [-0.1, -0.05) is 12.2 Å². The monoisotopic (exact) mass is 284 g/mol. The number of halogens is 1. The maximum atomic E-state index is 14.2. The van der Waals surface area contributed by atoms with Crippen LogP contribution in [0.3, 0.4) is 0 Å². The third kappa shape index (κ3) is 3.29. The molecule has 1 aliphatic carbocycles. The summed E-state index contributed by atoms with van der Waals surface area (Å²) in [6, 6.07) is -0.303. The lowest BCUT2D eigenvalue weighted by molar-refractivity contribution is -0.153. The number of carbonyl (C=O) groups is 2. The van der Waals surface area contributed by atoms with Crippen molar-refractivity contribution in [1.29, 1.82) is 0 Å². The van der Waals surface area contributed by atoms with E-state index in [0.29, 0.717) is 12.5 Å². The maximum Gasteiger partial charge on any atom is 0.345 e. The Morgan fingerprint density at radius 3 is 2.95 bits per heavy atom. The lowest BCUT2D eigenvalue weighted by Crippen LogP contribution is -2.44. The fourth-order valence-corrected chi connectivity index (χ4v) is 2.68. The Morgan fingerprint density at radius 1 is 1.50 bits per heavy atom. The average molecular weight is 284 g/mol. The normalized spacial score (nSPS) is 29.3. The quantitative estimate of drug-likeness (QED) is 0.633. The van der Waals surface area contributed by atoms with Gasteiger partial charge in [0.2, 0.25) is 5.67 Å². The number of nitrogens with zero attached hydrogens (tertiary/aromatic N) is 1. The summed E-state index contributed by atoms with van der Waals surface area (Å²) >= 11 is 0. The number of esters is 1. The van der Waals surface area contributed by atoms with Gasteiger partial charge in [-0.15, -0.1) is 0 Å². The summed E-state index contributed by atoms with van der Waals surface area (Å²) in [7, 11) is 1.16. The Balaban J connectivity index is 1.79. The first-order chi connectivity index (χ1) is 9.55. The van der Waals surface area contributed by atoms with Crippen LogP contribution in [0.25, 0.3) is 0 Å². The highest BCUT2D eigenvalue weighted by Crippen LogP contribution is 2.27. The number of methoxy groups -OCH3 is 1. The van der Waals surface area contributed by atoms with Gasteiger partial charge in [-0.2, -0.15) is 0 Å². The van der Waals surface area contributed by atoms with E-state index in [1.807, 2.05) is 0 Å². The number of likely N-dealkylation sites (tertiary alicyclic amines) is 1. The Labute approximate surface area is 118 Å². The average Bonchev–Trinajstić information content (AvgIpc) is 2.89. The number of carbonyl (C=O) groups excluding carboxylic acids is 2. The predicted octanol–water partition coefficient (Wildman–Crippen LogP) is 1.64. The number of urea groups is 1. The van der Waals surface area contributed by atoms with Crippen LogP contribution in [0.5, 0.6) is 0 Å². The minimum Gasteiger partial charge on any atom is -0.467 e. The fraction of sp³-hybridized carbons (Fsp3) is 0.714. The molecule has 20 heavy (non-hydrogen) atoms. The summed E-state index contributed by atoms with van der Waals surface area (Å²) in [5, 5.41) is 2.82. The molecule has 2 aliphatic rings. The van der Waals surface area contributed by atoms with Crippen molar-refractivity contribution in [3.05, 3.63) is 12.2 Å². The molecule has 0 aromatic rings. The number of alkyl halides is 1. The maximum absolute atomic E-state index is 14.2. The van der Waals surface area contributed by atoms with E-state index in [1.54, 1.807) is 0 Å². The fourth-order valence-electron chi connectivity index (χ4n) is 2.68. The van der Waals surface area contributed by atoms with Gasteiger partial charge in [0, 0.05) is 19.5 Å². The molecule has 1 heterocycles. The van der Waals surface area contributed by atoms with Crippen molar-refractivity contribution < 1.29 is 18.7 Å². The van der Waals surface area contributed by atoms with Crippen LogP contribution >= 0.6 is 0 Å². The second-order valence-corrected chi connectivity index (χ2v) is 5.46. The minimum atomic E-state index is -2.06. The first kappa shape index (κ1) is 14.8. The number of hydrogen-bond acceptors (Lipinski definition) is 3. The largest absolute Gasteiger partial charge is 0.467 e. The number of ether oxygens (including phenoxy) is 1. The highest BCUT2D eigenvalue weighted by atomic mass is 19.1. The van der Waals surface area contributed by atoms with Crippen molar-refractivity contribution in [3.63, 3.8) is 0 Å². The van der Waals surface area contributed by atoms with E-state index >= 15 is 0 Å². The molecule has 1 saturated heterocycles. The second-order valence-electron chi connectivity index (χ2n) is 5.46. The molecule has 1 aliphatic heterocycles. The van der Waals surface area contributed by atoms with E-state index in [4.69, 9.17) is 0 Å². The molecule has 2 atom stereocenters. The summed E-state index contributed by atoms with van der Waals surface area (Å²) in [6.07, 6.45) is 7.34. The first-order valence-corrected chi connectivity index (χ1v) is 7.00. The highest BCUT2D eigenvalue weighted by molar-refractivity contribution is 5.82. The van der Waals surface area contributed by atoms with Crippen molar-refractivity contribution in [3.8, 4) is 0 Å². The summed E-state index contributed by atoms with van der Waals surface area (Å²) in [6.45, 7) is 0.606. The van der Waals surface area contributed by atoms with E-state index < -0.39 is 11.6 Å². The Kier molecular flexibility index (Phi) is 4.62. The SMILES string of the molecule is COC(=O)[C@@]1(F)CCN(C(=O)NC[C@@H]2CC=CCC2)C1. The van der Waals surface area contributed by atoms with Crippen molar-refractivity contribution in [2.45, 2.75) is 31.4 Å². The van der Waals surface area contributed by atoms with Gasteiger partial charge in [0.05, 0.1) is 13.7 Å². The zero-order valence-corrected chi connectivity index (χ0v) is 11.7. The molecule has 1 N–H and O–H groups in total. The summed E-state index contributed by atoms with van der Waals surface area (Å²) in [5.74, 6) is -0.451. The lowest BCUT2D eigenvalue weighted by atomic mass is 9.94. The predicted molar refractivity (Wildman–Crippen MR) is 71.9 cm³/mol. The van der Waals surface area contributed by atoms with Crippen molar-refractivity contribution >= 4 is 12.0 Å². The van der Waals surface area contributed by atoms with Gasteiger partial charge in [0.15, 0.2) is 0 Å². The van der Waals surface area contributed by atoms with Crippen LogP contribution in [-0.4, -0.2) is 49.3 Å². The molecule has 0 radical (unpaired) electrons. The zero-order valence-electron chi connectivity index (χ0n) is 11.7. The smallest absolute Gasteiger partial charge is 0.345 e. The van der Waals surface area contributed by atoms with Crippen molar-refractivity contribution in [2.24, 2.45) is 5.92 Å². The Morgan fingerprint density at radius 2 is 2.30 bits per heavy atom. The second kappa shape index (κ2) is 6.24. The van der Waals surface area contributed by atoms with Gasteiger partial charge in [-0.25, -0.2) is 14.0 Å². The molecule has 1 fully saturated rings. The van der Waals surface area contributed by atoms with Gasteiger partial charge in [0.1, 0.15) is 0 Å². The third-order valence-corrected chi connectivity index (χ3v) is 3.98. The molecular formula is C14H21FN2O3. The van der Waals surface area contributed by atoms with Gasteiger partial charge in [-0.3, -0.25) is 0 Å². The van der Waals surface area contributed by atoms with Crippen LogP contribution < -0.4 is 5.32 Å². The van der Waals surface area contributed by atoms with Gasteiger partial charge in [-0.05, 0) is 25.2 Å². The summed E-state index contributed by atoms with van der Waals surface area (Å²) < 4.78 is 18.6. The van der Waals surface area contributed by atoms with Gasteiger partial charge < -0.3 is 15.0 Å². The van der Waals surface area contributed by atoms with Crippen molar-refractivity contribution in [2.75, 3.05) is 26.7 Å². The molecule has 0 spiro atoms. The Bertz CT molecular complexity index is 413. The van der Waals surface area contributed by atoms with E-state index in [9.17, 15) is 14.0 Å². The highest BCUT2D eigenvalue weighted by Gasteiger charge is 2.47. The van der Waals surface area contributed by atoms with E-state index in [1.165, 1.54) is 4.90 Å². The molecule has 0 aromatic heterocycles. The number of amides is 2. The van der Waals surface area contributed by atoms with E-state index in [0.717, 1.165) is 26.4 Å². The molecule has 0 bridgehead atoms. The van der Waals surface area contributed by atoms with Gasteiger partial charge in [0.25, 0.3) is 0 Å². The minimum absolute atomic E-state index is 0.000734. The van der Waals surface area contributed by atoms with Crippen LogP contribution in [0.1, 0.15) is 25.7 Å². The molecule has 0 unspecified atom stereocenters. The molecule has 112 valence electrons. The van der Waals surface area contributed by atoms with Crippen LogP contribution in [0.4, 0.5) is 9.18 Å². The first-order valence-electron chi connectivity index (χ1n) is 7.00. The zero-order chi connectivity index (χ0) is 14.6. The Hall–Kier alpha value is -1.59. The van der Waals surface area contributed by atoms with Crippen LogP contribution in [0.2, 0.25) is 0 Å². The summed E-state index contributed by atoms with van der Waals surface area (Å²) in [4.78, 5) is 24.7. The standard InChI is InChI=1S/C14H21FN2O3/c1-20-12(18)14(15)7-8-17(10-14)13(19)16-9-11-5-3-2-4-6-11/h2-3,11H,4-10H2,1H3,(H,16,19)/t11-,14-/m1/s1. The molecule has 0 saturated carbocycles. The molecule has 2 rings (SSSR count). The van der Waals surface area contributed by atoms with Crippen LogP contribution in [0, 0.1) is 5.92 Å². The molecule has 0 aromatic carbocycles. The molecule has 6 heteroatoms. The van der Waals surface area contributed by atoms with E-state index in [2.05, 4.69) is 22.2 Å². The molecule has 5 nitrogen and oxygen atoms in total. The van der Waals surface area contributed by atoms with Crippen LogP contribution in [-0.2, 0) is 9.53 Å². The van der Waals surface area contributed by atoms with Crippen molar-refractivity contribution in [1.82, 2.24) is 10.2 Å². The van der Waals surface area contributed by atoms with Gasteiger partial charge >= 0.3 is 12.0 Å². The number of nitrogens with one attached hydrogen (secondary N) is 1. The lowest BCUT2D eigenvalue weighted by Gasteiger charge is -2.22. The van der Waals surface area contributed by atoms with E-state index in [-0.39, 0.29) is 25.5 Å². The number of rotatable bonds is 3. The number of hydrogen-bond donors (Lipinski definition) is 1. The molecular weight excluding hydrogens is 263 g/mol. The summed E-state index contributed by atoms with van der Waals surface area (Å²) in [5.41, 5.74) is -2.06. The third-order valence-electron chi connectivity index (χ3n) is 3.98. The number of allylic oxidation sites excluding steroid dienone is 2. The molecule has 2 amide bonds. The topological polar surface area (TPSA) is 58.6 Å².